The standard InChI is InChI=1S/C10H17NO2/c1-7(2)9-8(3)11(4)5-6-13-10(9)12/h7H,5-6H2,1-4H3. The van der Waals surface area contributed by atoms with Crippen LogP contribution >= 0.6 is 0 Å². The molecule has 1 rings (SSSR count). The maximum absolute atomic E-state index is 11.5. The predicted octanol–water partition coefficient (Wildman–Crippen LogP) is 1.41. The summed E-state index contributed by atoms with van der Waals surface area (Å²) < 4.78 is 5.08. The Morgan fingerprint density at radius 3 is 2.62 bits per heavy atom. The molecule has 0 bridgehead atoms. The van der Waals surface area contributed by atoms with Crippen molar-refractivity contribution in [3.63, 3.8) is 0 Å². The molecule has 0 aliphatic carbocycles. The average molecular weight is 183 g/mol. The molecule has 74 valence electrons. The Balaban J connectivity index is 3.03. The Kier molecular flexibility index (Phi) is 2.96. The Morgan fingerprint density at radius 2 is 2.08 bits per heavy atom. The maximum Gasteiger partial charge on any atom is 0.336 e. The molecule has 0 aromatic heterocycles. The van der Waals surface area contributed by atoms with Gasteiger partial charge in [0, 0.05) is 12.7 Å². The summed E-state index contributed by atoms with van der Waals surface area (Å²) >= 11 is 0. The number of likely N-dealkylation sites (N-methyl/N-ethyl adjacent to an activating group) is 1. The number of carbonyl (C=O) groups excluding carboxylic acids is 1. The third-order valence-electron chi connectivity index (χ3n) is 2.42. The summed E-state index contributed by atoms with van der Waals surface area (Å²) in [5.74, 6) is 0.0740. The minimum atomic E-state index is -0.156. The monoisotopic (exact) mass is 183 g/mol. The predicted molar refractivity (Wildman–Crippen MR) is 51.1 cm³/mol. The molecule has 1 heterocycles. The van der Waals surface area contributed by atoms with Gasteiger partial charge in [-0.25, -0.2) is 4.79 Å². The lowest BCUT2D eigenvalue weighted by atomic mass is 10.0. The molecule has 0 radical (unpaired) electrons. The van der Waals surface area contributed by atoms with E-state index in [-0.39, 0.29) is 11.9 Å². The molecule has 0 saturated carbocycles. The molecule has 0 aromatic rings. The van der Waals surface area contributed by atoms with Crippen molar-refractivity contribution in [1.82, 2.24) is 4.90 Å². The lowest BCUT2D eigenvalue weighted by Crippen LogP contribution is -2.20. The minimum Gasteiger partial charge on any atom is -0.460 e. The van der Waals surface area contributed by atoms with Gasteiger partial charge in [-0.2, -0.15) is 0 Å². The quantitative estimate of drug-likeness (QED) is 0.575. The zero-order valence-electron chi connectivity index (χ0n) is 8.76. The van der Waals surface area contributed by atoms with Gasteiger partial charge in [-0.1, -0.05) is 13.8 Å². The van der Waals surface area contributed by atoms with Crippen molar-refractivity contribution >= 4 is 5.97 Å². The normalized spacial score (nSPS) is 19.2. The van der Waals surface area contributed by atoms with E-state index in [4.69, 9.17) is 4.74 Å². The maximum atomic E-state index is 11.5. The largest absolute Gasteiger partial charge is 0.460 e. The van der Waals surface area contributed by atoms with E-state index in [2.05, 4.69) is 4.90 Å². The van der Waals surface area contributed by atoms with Gasteiger partial charge in [0.15, 0.2) is 0 Å². The third kappa shape index (κ3) is 2.02. The topological polar surface area (TPSA) is 29.5 Å². The Labute approximate surface area is 79.4 Å². The highest BCUT2D eigenvalue weighted by atomic mass is 16.5. The summed E-state index contributed by atoms with van der Waals surface area (Å²) in [6, 6.07) is 0. The minimum absolute atomic E-state index is 0.156. The first kappa shape index (κ1) is 10.1. The van der Waals surface area contributed by atoms with E-state index in [1.54, 1.807) is 0 Å². The van der Waals surface area contributed by atoms with Crippen LogP contribution in [0.2, 0.25) is 0 Å². The summed E-state index contributed by atoms with van der Waals surface area (Å²) in [6.07, 6.45) is 0. The molecule has 13 heavy (non-hydrogen) atoms. The van der Waals surface area contributed by atoms with Gasteiger partial charge in [0.2, 0.25) is 0 Å². The molecule has 1 aliphatic heterocycles. The molecule has 3 nitrogen and oxygen atoms in total. The van der Waals surface area contributed by atoms with Crippen LogP contribution in [0.1, 0.15) is 20.8 Å². The fraction of sp³-hybridized carbons (Fsp3) is 0.700. The molecule has 3 heteroatoms. The van der Waals surface area contributed by atoms with E-state index in [1.807, 2.05) is 27.8 Å². The first-order valence-corrected chi connectivity index (χ1v) is 4.63. The number of cyclic esters (lactones) is 1. The first-order chi connectivity index (χ1) is 6.04. The number of rotatable bonds is 1. The number of esters is 1. The van der Waals surface area contributed by atoms with Crippen LogP contribution in [0.4, 0.5) is 0 Å². The zero-order valence-corrected chi connectivity index (χ0v) is 8.76. The molecule has 0 N–H and O–H groups in total. The van der Waals surface area contributed by atoms with Gasteiger partial charge in [0.1, 0.15) is 6.61 Å². The van der Waals surface area contributed by atoms with Crippen molar-refractivity contribution in [2.45, 2.75) is 20.8 Å². The van der Waals surface area contributed by atoms with Gasteiger partial charge < -0.3 is 9.64 Å². The van der Waals surface area contributed by atoms with Gasteiger partial charge in [-0.05, 0) is 12.8 Å². The summed E-state index contributed by atoms with van der Waals surface area (Å²) in [5.41, 5.74) is 1.84. The van der Waals surface area contributed by atoms with Crippen LogP contribution < -0.4 is 0 Å². The van der Waals surface area contributed by atoms with Crippen molar-refractivity contribution in [2.24, 2.45) is 5.92 Å². The second-order valence-electron chi connectivity index (χ2n) is 3.71. The molecule has 0 saturated heterocycles. The van der Waals surface area contributed by atoms with Gasteiger partial charge >= 0.3 is 5.97 Å². The van der Waals surface area contributed by atoms with Gasteiger partial charge in [-0.3, -0.25) is 0 Å². The molecule has 1 aliphatic rings. The van der Waals surface area contributed by atoms with Crippen LogP contribution in [0.15, 0.2) is 11.3 Å². The van der Waals surface area contributed by atoms with Crippen molar-refractivity contribution in [3.8, 4) is 0 Å². The number of carbonyl (C=O) groups is 1. The van der Waals surface area contributed by atoms with E-state index in [1.165, 1.54) is 0 Å². The molecular formula is C10H17NO2. The average Bonchev–Trinajstić information content (AvgIpc) is 2.13. The fourth-order valence-corrected chi connectivity index (χ4v) is 1.53. The highest BCUT2D eigenvalue weighted by Gasteiger charge is 2.22. The second kappa shape index (κ2) is 3.81. The van der Waals surface area contributed by atoms with Crippen molar-refractivity contribution in [1.29, 1.82) is 0 Å². The van der Waals surface area contributed by atoms with Crippen molar-refractivity contribution < 1.29 is 9.53 Å². The van der Waals surface area contributed by atoms with E-state index in [9.17, 15) is 4.79 Å². The van der Waals surface area contributed by atoms with E-state index in [0.29, 0.717) is 6.61 Å². The second-order valence-corrected chi connectivity index (χ2v) is 3.71. The van der Waals surface area contributed by atoms with Crippen LogP contribution in [0, 0.1) is 5.92 Å². The molecule has 0 amide bonds. The summed E-state index contributed by atoms with van der Waals surface area (Å²) in [7, 11) is 1.99. The van der Waals surface area contributed by atoms with Gasteiger partial charge in [0.05, 0.1) is 12.1 Å². The van der Waals surface area contributed by atoms with Gasteiger partial charge in [0.25, 0.3) is 0 Å². The van der Waals surface area contributed by atoms with Crippen LogP contribution in [0.25, 0.3) is 0 Å². The molecule has 0 fully saturated rings. The Hall–Kier alpha value is -0.990. The molecule has 0 aromatic carbocycles. The molecule has 0 unspecified atom stereocenters. The van der Waals surface area contributed by atoms with Crippen molar-refractivity contribution in [2.75, 3.05) is 20.2 Å². The highest BCUT2D eigenvalue weighted by molar-refractivity contribution is 5.89. The number of allylic oxidation sites excluding steroid dienone is 1. The summed E-state index contributed by atoms with van der Waals surface area (Å²) in [4.78, 5) is 13.6. The van der Waals surface area contributed by atoms with Crippen LogP contribution in [0.5, 0.6) is 0 Å². The lowest BCUT2D eigenvalue weighted by molar-refractivity contribution is -0.139. The van der Waals surface area contributed by atoms with Gasteiger partial charge in [-0.15, -0.1) is 0 Å². The number of hydrogen-bond donors (Lipinski definition) is 0. The number of nitrogens with zero attached hydrogens (tertiary/aromatic N) is 1. The van der Waals surface area contributed by atoms with E-state index >= 15 is 0 Å². The third-order valence-corrected chi connectivity index (χ3v) is 2.42. The highest BCUT2D eigenvalue weighted by Crippen LogP contribution is 2.20. The van der Waals surface area contributed by atoms with Crippen LogP contribution in [-0.4, -0.2) is 31.1 Å². The molecule has 0 spiro atoms. The van der Waals surface area contributed by atoms with Crippen molar-refractivity contribution in [3.05, 3.63) is 11.3 Å². The van der Waals surface area contributed by atoms with E-state index < -0.39 is 0 Å². The Bertz CT molecular complexity index is 243. The smallest absolute Gasteiger partial charge is 0.336 e. The lowest BCUT2D eigenvalue weighted by Gasteiger charge is -2.19. The number of ether oxygens (including phenoxy) is 1. The number of hydrogen-bond acceptors (Lipinski definition) is 3. The molecular weight excluding hydrogens is 166 g/mol. The fourth-order valence-electron chi connectivity index (χ4n) is 1.53. The summed E-state index contributed by atoms with van der Waals surface area (Å²) in [5, 5.41) is 0. The van der Waals surface area contributed by atoms with Crippen LogP contribution in [-0.2, 0) is 9.53 Å². The van der Waals surface area contributed by atoms with Crippen LogP contribution in [0.3, 0.4) is 0 Å². The van der Waals surface area contributed by atoms with E-state index in [0.717, 1.165) is 17.8 Å². The molecule has 0 atom stereocenters. The Morgan fingerprint density at radius 1 is 1.46 bits per heavy atom. The SMILES string of the molecule is CC1=C(C(C)C)C(=O)OCCN1C. The summed E-state index contributed by atoms with van der Waals surface area (Å²) in [6.45, 7) is 7.27. The first-order valence-electron chi connectivity index (χ1n) is 4.63. The zero-order chi connectivity index (χ0) is 10.0.